The van der Waals surface area contributed by atoms with Crippen molar-refractivity contribution in [2.24, 2.45) is 10.2 Å². The highest BCUT2D eigenvalue weighted by atomic mass is 35.5. The maximum atomic E-state index is 12.6. The average Bonchev–Trinajstić information content (AvgIpc) is 2.82. The lowest BCUT2D eigenvalue weighted by molar-refractivity contribution is -0.148. The van der Waals surface area contributed by atoms with Crippen LogP contribution in [0.25, 0.3) is 0 Å². The van der Waals surface area contributed by atoms with Gasteiger partial charge in [-0.1, -0.05) is 23.7 Å². The van der Waals surface area contributed by atoms with Crippen molar-refractivity contribution in [2.75, 3.05) is 0 Å². The molecular formula is C13H13ClF3N3O. The Kier molecular flexibility index (Phi) is 4.22. The van der Waals surface area contributed by atoms with E-state index in [2.05, 4.69) is 15.5 Å². The minimum Gasteiger partial charge on any atom is -0.350 e. The number of rotatable bonds is 3. The summed E-state index contributed by atoms with van der Waals surface area (Å²) in [6.07, 6.45) is -4.94. The Morgan fingerprint density at radius 2 is 2.05 bits per heavy atom. The van der Waals surface area contributed by atoms with E-state index in [4.69, 9.17) is 11.6 Å². The van der Waals surface area contributed by atoms with E-state index >= 15 is 0 Å². The van der Waals surface area contributed by atoms with Gasteiger partial charge in [-0.3, -0.25) is 4.79 Å². The summed E-state index contributed by atoms with van der Waals surface area (Å²) in [6, 6.07) is 4.86. The number of halogens is 4. The number of azo groups is 1. The number of nitrogens with zero attached hydrogens (tertiary/aromatic N) is 2. The van der Waals surface area contributed by atoms with Crippen molar-refractivity contribution in [3.05, 3.63) is 34.9 Å². The molecular weight excluding hydrogens is 307 g/mol. The average molecular weight is 320 g/mol. The first-order valence-electron chi connectivity index (χ1n) is 6.22. The molecule has 1 heterocycles. The van der Waals surface area contributed by atoms with Crippen molar-refractivity contribution in [3.8, 4) is 0 Å². The van der Waals surface area contributed by atoms with E-state index in [1.807, 2.05) is 0 Å². The number of alkyl halides is 3. The Balaban J connectivity index is 1.95. The molecule has 1 aliphatic heterocycles. The van der Waals surface area contributed by atoms with Crippen LogP contribution in [0.15, 0.2) is 34.5 Å². The number of hydrogen-bond donors (Lipinski definition) is 1. The lowest BCUT2D eigenvalue weighted by Gasteiger charge is -2.20. The summed E-state index contributed by atoms with van der Waals surface area (Å²) in [4.78, 5) is 12.0. The predicted octanol–water partition coefficient (Wildman–Crippen LogP) is 3.50. The Hall–Kier alpha value is -1.63. The smallest absolute Gasteiger partial charge is 0.350 e. The molecule has 0 aliphatic carbocycles. The highest BCUT2D eigenvalue weighted by Gasteiger charge is 2.51. The summed E-state index contributed by atoms with van der Waals surface area (Å²) in [6.45, 7) is 1.54. The monoisotopic (exact) mass is 319 g/mol. The van der Waals surface area contributed by atoms with Gasteiger partial charge in [0.2, 0.25) is 5.91 Å². The van der Waals surface area contributed by atoms with Gasteiger partial charge in [-0.05, 0) is 24.6 Å². The van der Waals surface area contributed by atoms with Crippen LogP contribution in [0, 0.1) is 0 Å². The van der Waals surface area contributed by atoms with Crippen LogP contribution in [0.1, 0.15) is 18.9 Å². The zero-order chi connectivity index (χ0) is 15.7. The van der Waals surface area contributed by atoms with Gasteiger partial charge in [0.15, 0.2) is 11.6 Å². The minimum atomic E-state index is -4.47. The molecule has 1 aromatic carbocycles. The van der Waals surface area contributed by atoms with Crippen LogP contribution >= 0.6 is 11.6 Å². The molecule has 0 spiro atoms. The standard InChI is InChI=1S/C13H13ClF3N3O/c1-12(6-10(19-20-12)13(15,16)17)11(21)18-7-8-2-4-9(14)5-3-8/h2-5,10H,6-7H2,1H3,(H,18,21). The molecule has 1 aliphatic rings. The van der Waals surface area contributed by atoms with Crippen LogP contribution in [0.2, 0.25) is 5.02 Å². The first-order chi connectivity index (χ1) is 9.71. The number of amides is 1. The largest absolute Gasteiger partial charge is 0.412 e. The summed E-state index contributed by atoms with van der Waals surface area (Å²) in [5.41, 5.74) is -0.689. The quantitative estimate of drug-likeness (QED) is 0.910. The number of nitrogens with one attached hydrogen (secondary N) is 1. The molecule has 2 unspecified atom stereocenters. The molecule has 0 aromatic heterocycles. The molecule has 0 saturated heterocycles. The van der Waals surface area contributed by atoms with Crippen LogP contribution in [-0.2, 0) is 11.3 Å². The molecule has 0 saturated carbocycles. The van der Waals surface area contributed by atoms with Crippen molar-refractivity contribution in [1.82, 2.24) is 5.32 Å². The number of benzene rings is 1. The minimum absolute atomic E-state index is 0.192. The van der Waals surface area contributed by atoms with Gasteiger partial charge in [0.25, 0.3) is 0 Å². The molecule has 2 atom stereocenters. The molecule has 0 radical (unpaired) electrons. The molecule has 1 N–H and O–H groups in total. The van der Waals surface area contributed by atoms with Gasteiger partial charge in [0.05, 0.1) is 0 Å². The Labute approximate surface area is 124 Å². The van der Waals surface area contributed by atoms with E-state index in [1.165, 1.54) is 6.92 Å². The van der Waals surface area contributed by atoms with Crippen LogP contribution in [-0.4, -0.2) is 23.7 Å². The van der Waals surface area contributed by atoms with E-state index in [0.717, 1.165) is 5.56 Å². The molecule has 0 bridgehead atoms. The lowest BCUT2D eigenvalue weighted by Crippen LogP contribution is -2.43. The third kappa shape index (κ3) is 3.72. The van der Waals surface area contributed by atoms with Crippen molar-refractivity contribution in [3.63, 3.8) is 0 Å². The molecule has 1 aromatic rings. The van der Waals surface area contributed by atoms with Gasteiger partial charge in [-0.25, -0.2) is 0 Å². The molecule has 1 amide bonds. The van der Waals surface area contributed by atoms with Gasteiger partial charge >= 0.3 is 6.18 Å². The second-order valence-corrected chi connectivity index (χ2v) is 5.50. The van der Waals surface area contributed by atoms with Gasteiger partial charge < -0.3 is 5.32 Å². The fourth-order valence-corrected chi connectivity index (χ4v) is 2.08. The predicted molar refractivity (Wildman–Crippen MR) is 71.0 cm³/mol. The summed E-state index contributed by atoms with van der Waals surface area (Å²) < 4.78 is 37.7. The SMILES string of the molecule is CC1(C(=O)NCc2ccc(Cl)cc2)CC(C(F)(F)F)N=N1. The highest BCUT2D eigenvalue weighted by molar-refractivity contribution is 6.30. The second kappa shape index (κ2) is 5.63. The van der Waals surface area contributed by atoms with E-state index in [-0.39, 0.29) is 6.54 Å². The van der Waals surface area contributed by atoms with Crippen molar-refractivity contribution >= 4 is 17.5 Å². The maximum Gasteiger partial charge on any atom is 0.412 e. The third-order valence-electron chi connectivity index (χ3n) is 3.24. The first kappa shape index (κ1) is 15.8. The zero-order valence-electron chi connectivity index (χ0n) is 11.1. The number of hydrogen-bond acceptors (Lipinski definition) is 3. The second-order valence-electron chi connectivity index (χ2n) is 5.06. The fraction of sp³-hybridized carbons (Fsp3) is 0.462. The van der Waals surface area contributed by atoms with Crippen molar-refractivity contribution in [1.29, 1.82) is 0 Å². The molecule has 8 heteroatoms. The van der Waals surface area contributed by atoms with Gasteiger partial charge in [0, 0.05) is 18.0 Å². The van der Waals surface area contributed by atoms with Crippen LogP contribution in [0.5, 0.6) is 0 Å². The fourth-order valence-electron chi connectivity index (χ4n) is 1.95. The Bertz CT molecular complexity index is 559. The highest BCUT2D eigenvalue weighted by Crippen LogP contribution is 2.36. The summed E-state index contributed by atoms with van der Waals surface area (Å²) in [5, 5.41) is 9.82. The van der Waals surface area contributed by atoms with Gasteiger partial charge in [-0.15, -0.1) is 0 Å². The van der Waals surface area contributed by atoms with E-state index < -0.39 is 30.1 Å². The molecule has 114 valence electrons. The van der Waals surface area contributed by atoms with Gasteiger partial charge in [-0.2, -0.15) is 23.4 Å². The van der Waals surface area contributed by atoms with E-state index in [9.17, 15) is 18.0 Å². The number of carbonyl (C=O) groups is 1. The van der Waals surface area contributed by atoms with Crippen LogP contribution in [0.4, 0.5) is 13.2 Å². The zero-order valence-corrected chi connectivity index (χ0v) is 11.9. The molecule has 21 heavy (non-hydrogen) atoms. The van der Waals surface area contributed by atoms with Crippen molar-refractivity contribution < 1.29 is 18.0 Å². The maximum absolute atomic E-state index is 12.6. The molecule has 4 nitrogen and oxygen atoms in total. The first-order valence-corrected chi connectivity index (χ1v) is 6.60. The summed E-state index contributed by atoms with van der Waals surface area (Å²) in [5.74, 6) is -0.576. The van der Waals surface area contributed by atoms with E-state index in [1.54, 1.807) is 24.3 Å². The molecule has 2 rings (SSSR count). The van der Waals surface area contributed by atoms with Crippen LogP contribution in [0.3, 0.4) is 0 Å². The summed E-state index contributed by atoms with van der Waals surface area (Å²) >= 11 is 5.74. The Morgan fingerprint density at radius 3 is 2.57 bits per heavy atom. The van der Waals surface area contributed by atoms with Crippen molar-refractivity contribution in [2.45, 2.75) is 37.6 Å². The topological polar surface area (TPSA) is 53.8 Å². The van der Waals surface area contributed by atoms with E-state index in [0.29, 0.717) is 5.02 Å². The third-order valence-corrected chi connectivity index (χ3v) is 3.49. The van der Waals surface area contributed by atoms with Gasteiger partial charge in [0.1, 0.15) is 0 Å². The lowest BCUT2D eigenvalue weighted by atomic mass is 9.94. The normalized spacial score (nSPS) is 25.1. The number of carbonyl (C=O) groups excluding carboxylic acids is 1. The summed E-state index contributed by atoms with van der Waals surface area (Å²) in [7, 11) is 0. The Morgan fingerprint density at radius 1 is 1.43 bits per heavy atom. The van der Waals surface area contributed by atoms with Crippen LogP contribution < -0.4 is 5.32 Å². The molecule has 0 fully saturated rings.